The number of amides is 2. The van der Waals surface area contributed by atoms with Crippen molar-refractivity contribution in [1.82, 2.24) is 29.8 Å². The fourth-order valence-corrected chi connectivity index (χ4v) is 3.78. The number of nitrogens with one attached hydrogen (secondary N) is 3. The highest BCUT2D eigenvalue weighted by molar-refractivity contribution is 7.71. The molecule has 0 fully saturated rings. The summed E-state index contributed by atoms with van der Waals surface area (Å²) in [5.41, 5.74) is -0.855. The third kappa shape index (κ3) is 6.44. The van der Waals surface area contributed by atoms with Crippen LogP contribution in [0.2, 0.25) is 0 Å². The third-order valence-electron chi connectivity index (χ3n) is 5.08. The van der Waals surface area contributed by atoms with E-state index in [1.165, 1.54) is 21.1 Å². The fourth-order valence-electron chi connectivity index (χ4n) is 3.56. The van der Waals surface area contributed by atoms with Crippen LogP contribution >= 0.6 is 12.2 Å². The maximum absolute atomic E-state index is 13.8. The first-order chi connectivity index (χ1) is 16.9. The van der Waals surface area contributed by atoms with Crippen molar-refractivity contribution in [3.05, 3.63) is 39.1 Å². The molecule has 36 heavy (non-hydrogen) atoms. The second-order valence-corrected chi connectivity index (χ2v) is 9.44. The Labute approximate surface area is 209 Å². The van der Waals surface area contributed by atoms with Gasteiger partial charge in [-0.25, -0.2) is 14.3 Å². The third-order valence-corrected chi connectivity index (χ3v) is 5.36. The first-order valence-corrected chi connectivity index (χ1v) is 11.6. The number of carboxylic acid groups (broad SMARTS) is 1. The number of carboxylic acids is 1. The summed E-state index contributed by atoms with van der Waals surface area (Å²) in [5, 5.41) is 20.8. The van der Waals surface area contributed by atoms with Crippen LogP contribution in [-0.2, 0) is 20.9 Å². The largest absolute Gasteiger partial charge is 0.481 e. The number of aryl methyl sites for hydroxylation is 1. The molecule has 0 saturated carbocycles. The van der Waals surface area contributed by atoms with Crippen molar-refractivity contribution in [3.63, 3.8) is 0 Å². The summed E-state index contributed by atoms with van der Waals surface area (Å²) in [4.78, 5) is 48.7. The summed E-state index contributed by atoms with van der Waals surface area (Å²) in [7, 11) is 0. The number of H-pyrrole nitrogens is 1. The van der Waals surface area contributed by atoms with Gasteiger partial charge in [-0.05, 0) is 64.0 Å². The summed E-state index contributed by atoms with van der Waals surface area (Å²) in [6.45, 7) is 5.19. The van der Waals surface area contributed by atoms with Crippen molar-refractivity contribution in [2.24, 2.45) is 0 Å². The van der Waals surface area contributed by atoms with Crippen LogP contribution in [0.1, 0.15) is 40.0 Å². The molecule has 14 heteroatoms. The van der Waals surface area contributed by atoms with Crippen molar-refractivity contribution in [1.29, 1.82) is 0 Å². The van der Waals surface area contributed by atoms with Gasteiger partial charge in [0.05, 0.1) is 10.9 Å². The number of fused-ring (bicyclic) bond motifs is 3. The number of alkyl carbamates (subject to hydrolysis) is 1. The number of benzene rings is 1. The van der Waals surface area contributed by atoms with E-state index in [1.807, 2.05) is 0 Å². The quantitative estimate of drug-likeness (QED) is 0.246. The van der Waals surface area contributed by atoms with Crippen LogP contribution in [0.15, 0.2) is 23.0 Å². The molecule has 0 radical (unpaired) electrons. The van der Waals surface area contributed by atoms with E-state index in [-0.39, 0.29) is 48.3 Å². The van der Waals surface area contributed by atoms with Crippen LogP contribution < -0.4 is 16.2 Å². The predicted octanol–water partition coefficient (Wildman–Crippen LogP) is 2.11. The van der Waals surface area contributed by atoms with Crippen LogP contribution in [0.4, 0.5) is 9.18 Å². The molecule has 3 aromatic rings. The summed E-state index contributed by atoms with van der Waals surface area (Å²) < 4.78 is 22.0. The number of carbonyl (C=O) groups excluding carboxylic acids is 2. The van der Waals surface area contributed by atoms with Gasteiger partial charge in [-0.15, -0.1) is 5.10 Å². The molecule has 194 valence electrons. The number of ether oxygens (including phenoxy) is 1. The first-order valence-electron chi connectivity index (χ1n) is 11.2. The summed E-state index contributed by atoms with van der Waals surface area (Å²) in [6, 6.07) is 2.67. The van der Waals surface area contributed by atoms with E-state index in [1.54, 1.807) is 20.8 Å². The summed E-state index contributed by atoms with van der Waals surface area (Å²) in [5.74, 6) is -2.05. The number of aliphatic carboxylic acids is 1. The normalized spacial score (nSPS) is 12.4. The van der Waals surface area contributed by atoms with Crippen molar-refractivity contribution < 1.29 is 28.6 Å². The molecule has 2 aromatic heterocycles. The molecule has 0 aliphatic rings. The predicted molar refractivity (Wildman–Crippen MR) is 130 cm³/mol. The summed E-state index contributed by atoms with van der Waals surface area (Å²) >= 11 is 5.25. The molecular weight excluding hydrogens is 495 g/mol. The van der Waals surface area contributed by atoms with E-state index in [4.69, 9.17) is 22.1 Å². The Morgan fingerprint density at radius 3 is 2.69 bits per heavy atom. The Bertz CT molecular complexity index is 1420. The molecule has 0 bridgehead atoms. The van der Waals surface area contributed by atoms with Crippen LogP contribution in [0.25, 0.3) is 16.7 Å². The first kappa shape index (κ1) is 26.8. The van der Waals surface area contributed by atoms with Crippen LogP contribution in [0.5, 0.6) is 0 Å². The minimum absolute atomic E-state index is 0.101. The van der Waals surface area contributed by atoms with Crippen LogP contribution in [0, 0.1) is 10.6 Å². The Hall–Kier alpha value is -3.81. The Balaban J connectivity index is 1.71. The molecule has 0 unspecified atom stereocenters. The molecule has 4 N–H and O–H groups in total. The lowest BCUT2D eigenvalue weighted by Crippen LogP contribution is -2.48. The maximum atomic E-state index is 13.8. The average Bonchev–Trinajstić information content (AvgIpc) is 3.15. The van der Waals surface area contributed by atoms with E-state index in [2.05, 4.69) is 20.8 Å². The van der Waals surface area contributed by atoms with Gasteiger partial charge in [0.25, 0.3) is 5.56 Å². The van der Waals surface area contributed by atoms with E-state index >= 15 is 0 Å². The van der Waals surface area contributed by atoms with Gasteiger partial charge in [0.1, 0.15) is 17.5 Å². The maximum Gasteiger partial charge on any atom is 0.408 e. The SMILES string of the molecule is CC(C)(C)OC(=O)N[C@@H](CCC(=O)O)C(=O)NCCCn1c(=O)c2cc(F)ccc2n2c(=S)[nH]nc12. The van der Waals surface area contributed by atoms with Gasteiger partial charge in [0.15, 0.2) is 0 Å². The highest BCUT2D eigenvalue weighted by Crippen LogP contribution is 2.15. The van der Waals surface area contributed by atoms with Crippen molar-refractivity contribution in [3.8, 4) is 0 Å². The number of aromatic nitrogens is 4. The van der Waals surface area contributed by atoms with Gasteiger partial charge < -0.3 is 20.5 Å². The van der Waals surface area contributed by atoms with Gasteiger partial charge in [0, 0.05) is 19.5 Å². The Kier molecular flexibility index (Phi) is 8.07. The molecular formula is C22H27FN6O6S. The minimum atomic E-state index is -1.13. The highest BCUT2D eigenvalue weighted by atomic mass is 32.1. The van der Waals surface area contributed by atoms with Gasteiger partial charge in [-0.3, -0.25) is 23.4 Å². The topological polar surface area (TPSA) is 160 Å². The van der Waals surface area contributed by atoms with Gasteiger partial charge >= 0.3 is 12.1 Å². The average molecular weight is 523 g/mol. The van der Waals surface area contributed by atoms with E-state index in [0.717, 1.165) is 6.07 Å². The molecule has 1 aromatic carbocycles. The molecule has 1 atom stereocenters. The molecule has 0 spiro atoms. The molecule has 2 heterocycles. The monoisotopic (exact) mass is 522 g/mol. The molecule has 0 aliphatic carbocycles. The lowest BCUT2D eigenvalue weighted by atomic mass is 10.1. The zero-order valence-corrected chi connectivity index (χ0v) is 20.8. The highest BCUT2D eigenvalue weighted by Gasteiger charge is 2.25. The number of halogens is 1. The molecule has 2 amide bonds. The fraction of sp³-hybridized carbons (Fsp3) is 0.455. The van der Waals surface area contributed by atoms with Crippen LogP contribution in [0.3, 0.4) is 0 Å². The summed E-state index contributed by atoms with van der Waals surface area (Å²) in [6.07, 6.45) is -1.04. The Morgan fingerprint density at radius 1 is 1.31 bits per heavy atom. The van der Waals surface area contributed by atoms with Crippen molar-refractivity contribution in [2.45, 2.75) is 58.2 Å². The zero-order chi connectivity index (χ0) is 26.6. The lowest BCUT2D eigenvalue weighted by molar-refractivity contribution is -0.137. The van der Waals surface area contributed by atoms with Crippen molar-refractivity contribution >= 4 is 46.9 Å². The molecule has 3 rings (SSSR count). The van der Waals surface area contributed by atoms with Crippen LogP contribution in [-0.4, -0.2) is 60.4 Å². The standard InChI is InChI=1S/C22H27FN6O6S/c1-22(2,3)35-21(34)25-14(6-8-16(30)31)17(32)24-9-4-10-28-18(33)13-11-12(23)5-7-15(13)29-19(28)26-27-20(29)36/h5,7,11,14H,4,6,8-10H2,1-3H3,(H,24,32)(H,25,34)(H,27,36)(H,30,31)/t14-/m0/s1. The van der Waals surface area contributed by atoms with Gasteiger partial charge in [-0.2, -0.15) is 0 Å². The van der Waals surface area contributed by atoms with Gasteiger partial charge in [0.2, 0.25) is 16.5 Å². The molecule has 0 aliphatic heterocycles. The van der Waals surface area contributed by atoms with E-state index in [0.29, 0.717) is 5.52 Å². The van der Waals surface area contributed by atoms with E-state index < -0.39 is 41.0 Å². The smallest absolute Gasteiger partial charge is 0.408 e. The lowest BCUT2D eigenvalue weighted by Gasteiger charge is -2.23. The van der Waals surface area contributed by atoms with Crippen molar-refractivity contribution in [2.75, 3.05) is 6.54 Å². The zero-order valence-electron chi connectivity index (χ0n) is 20.0. The number of carbonyl (C=O) groups is 3. The number of nitrogens with zero attached hydrogens (tertiary/aromatic N) is 3. The Morgan fingerprint density at radius 2 is 2.03 bits per heavy atom. The second-order valence-electron chi connectivity index (χ2n) is 9.06. The van der Waals surface area contributed by atoms with E-state index in [9.17, 15) is 23.6 Å². The number of rotatable bonds is 9. The second kappa shape index (κ2) is 10.8. The number of hydrogen-bond acceptors (Lipinski definition) is 7. The number of aromatic amines is 1. The molecule has 12 nitrogen and oxygen atoms in total. The van der Waals surface area contributed by atoms with Gasteiger partial charge in [-0.1, -0.05) is 0 Å². The minimum Gasteiger partial charge on any atom is -0.481 e. The molecule has 0 saturated heterocycles. The number of hydrogen-bond donors (Lipinski definition) is 4.